The molecule has 2 aromatic rings. The van der Waals surface area contributed by atoms with E-state index in [9.17, 15) is 0 Å². The van der Waals surface area contributed by atoms with Crippen LogP contribution in [0, 0.1) is 0 Å². The van der Waals surface area contributed by atoms with E-state index in [1.54, 1.807) is 0 Å². The lowest BCUT2D eigenvalue weighted by atomic mass is 9.81. The van der Waals surface area contributed by atoms with Crippen molar-refractivity contribution in [2.24, 2.45) is 0 Å². The lowest BCUT2D eigenvalue weighted by molar-refractivity contribution is 0.341. The number of ether oxygens (including phenoxy) is 1. The Morgan fingerprint density at radius 1 is 1.25 bits per heavy atom. The van der Waals surface area contributed by atoms with Gasteiger partial charge in [-0.25, -0.2) is 0 Å². The van der Waals surface area contributed by atoms with Crippen LogP contribution in [0.4, 0.5) is 5.82 Å². The maximum Gasteiger partial charge on any atom is 0.145 e. The average molecular weight is 273 g/mol. The third-order valence-corrected chi connectivity index (χ3v) is 3.83. The number of H-pyrrole nitrogens is 1. The molecular formula is C16H23N3O. The molecule has 1 aromatic heterocycles. The molecular weight excluding hydrogens is 250 g/mol. The van der Waals surface area contributed by atoms with Gasteiger partial charge in [0, 0.05) is 11.6 Å². The van der Waals surface area contributed by atoms with Crippen LogP contribution in [0.3, 0.4) is 0 Å². The van der Waals surface area contributed by atoms with Crippen LogP contribution in [0.25, 0.3) is 11.3 Å². The van der Waals surface area contributed by atoms with Crippen molar-refractivity contribution in [1.82, 2.24) is 10.2 Å². The number of nitrogens with zero attached hydrogens (tertiary/aromatic N) is 1. The van der Waals surface area contributed by atoms with E-state index in [1.165, 1.54) is 5.56 Å². The third kappa shape index (κ3) is 2.79. The maximum atomic E-state index is 5.71. The minimum atomic E-state index is 0.130. The largest absolute Gasteiger partial charge is 0.493 e. The normalized spacial score (nSPS) is 11.6. The summed E-state index contributed by atoms with van der Waals surface area (Å²) in [5.74, 6) is 1.34. The fourth-order valence-electron chi connectivity index (χ4n) is 2.12. The number of hydrogen-bond donors (Lipinski definition) is 2. The Bertz CT molecular complexity index is 587. The summed E-state index contributed by atoms with van der Waals surface area (Å²) in [6, 6.07) is 8.17. The molecule has 0 aliphatic heterocycles. The van der Waals surface area contributed by atoms with Gasteiger partial charge in [-0.1, -0.05) is 26.8 Å². The van der Waals surface area contributed by atoms with Gasteiger partial charge in [0.2, 0.25) is 0 Å². The highest BCUT2D eigenvalue weighted by molar-refractivity contribution is 5.70. The second kappa shape index (κ2) is 5.57. The zero-order valence-corrected chi connectivity index (χ0v) is 12.7. The van der Waals surface area contributed by atoms with E-state index in [-0.39, 0.29) is 5.41 Å². The minimum absolute atomic E-state index is 0.130. The molecule has 0 unspecified atom stereocenters. The van der Waals surface area contributed by atoms with Crippen LogP contribution in [0.2, 0.25) is 0 Å². The first kappa shape index (κ1) is 14.4. The number of nitrogens with one attached hydrogen (secondary N) is 1. The molecule has 0 aliphatic carbocycles. The summed E-state index contributed by atoms with van der Waals surface area (Å²) in [6.45, 7) is 9.30. The van der Waals surface area contributed by atoms with Gasteiger partial charge in [-0.05, 0) is 36.5 Å². The summed E-state index contributed by atoms with van der Waals surface area (Å²) in [7, 11) is 0. The summed E-state index contributed by atoms with van der Waals surface area (Å²) < 4.78 is 5.71. The quantitative estimate of drug-likeness (QED) is 0.872. The summed E-state index contributed by atoms with van der Waals surface area (Å²) in [5, 5.41) is 6.97. The number of rotatable bonds is 5. The summed E-state index contributed by atoms with van der Waals surface area (Å²) in [5.41, 5.74) is 9.02. The molecule has 20 heavy (non-hydrogen) atoms. The zero-order valence-electron chi connectivity index (χ0n) is 12.7. The second-order valence-electron chi connectivity index (χ2n) is 5.59. The SMILES string of the molecule is CCOc1ccc(C(C)(C)CC)cc1-c1cc(N)n[nH]1. The molecule has 1 aromatic carbocycles. The van der Waals surface area contributed by atoms with Crippen LogP contribution in [0.1, 0.15) is 39.7 Å². The van der Waals surface area contributed by atoms with Crippen LogP contribution in [0.15, 0.2) is 24.3 Å². The van der Waals surface area contributed by atoms with Crippen molar-refractivity contribution in [3.8, 4) is 17.0 Å². The van der Waals surface area contributed by atoms with E-state index in [1.807, 2.05) is 19.1 Å². The van der Waals surface area contributed by atoms with E-state index in [2.05, 4.69) is 43.1 Å². The Labute approximate surface area is 120 Å². The Morgan fingerprint density at radius 2 is 2.00 bits per heavy atom. The summed E-state index contributed by atoms with van der Waals surface area (Å²) >= 11 is 0. The van der Waals surface area contributed by atoms with Crippen molar-refractivity contribution in [1.29, 1.82) is 0 Å². The van der Waals surface area contributed by atoms with Gasteiger partial charge in [0.1, 0.15) is 11.6 Å². The van der Waals surface area contributed by atoms with Crippen molar-refractivity contribution in [3.63, 3.8) is 0 Å². The number of hydrogen-bond acceptors (Lipinski definition) is 3. The first-order valence-corrected chi connectivity index (χ1v) is 7.06. The molecule has 0 aliphatic rings. The Morgan fingerprint density at radius 3 is 2.55 bits per heavy atom. The number of aromatic amines is 1. The molecule has 4 heteroatoms. The lowest BCUT2D eigenvalue weighted by Crippen LogP contribution is -2.15. The van der Waals surface area contributed by atoms with E-state index < -0.39 is 0 Å². The minimum Gasteiger partial charge on any atom is -0.493 e. The van der Waals surface area contributed by atoms with Gasteiger partial charge < -0.3 is 10.5 Å². The van der Waals surface area contributed by atoms with E-state index >= 15 is 0 Å². The van der Waals surface area contributed by atoms with Crippen LogP contribution < -0.4 is 10.5 Å². The second-order valence-corrected chi connectivity index (χ2v) is 5.59. The molecule has 2 rings (SSSR count). The van der Waals surface area contributed by atoms with Crippen LogP contribution >= 0.6 is 0 Å². The highest BCUT2D eigenvalue weighted by atomic mass is 16.5. The lowest BCUT2D eigenvalue weighted by Gasteiger charge is -2.24. The van der Waals surface area contributed by atoms with Crippen molar-refractivity contribution in [2.45, 2.75) is 39.5 Å². The Hall–Kier alpha value is -1.97. The number of nitrogens with two attached hydrogens (primary N) is 1. The van der Waals surface area contributed by atoms with E-state index in [0.717, 1.165) is 23.4 Å². The average Bonchev–Trinajstić information content (AvgIpc) is 2.86. The highest BCUT2D eigenvalue weighted by Gasteiger charge is 2.20. The first-order valence-electron chi connectivity index (χ1n) is 7.06. The van der Waals surface area contributed by atoms with Gasteiger partial charge in [-0.15, -0.1) is 0 Å². The molecule has 4 nitrogen and oxygen atoms in total. The molecule has 0 saturated carbocycles. The molecule has 108 valence electrons. The van der Waals surface area contributed by atoms with Crippen molar-refractivity contribution in [2.75, 3.05) is 12.3 Å². The van der Waals surface area contributed by atoms with Crippen LogP contribution in [-0.2, 0) is 5.41 Å². The summed E-state index contributed by atoms with van der Waals surface area (Å²) in [6.07, 6.45) is 1.07. The molecule has 0 bridgehead atoms. The van der Waals surface area contributed by atoms with Crippen LogP contribution in [-0.4, -0.2) is 16.8 Å². The van der Waals surface area contributed by atoms with Gasteiger partial charge in [0.25, 0.3) is 0 Å². The van der Waals surface area contributed by atoms with Crippen molar-refractivity contribution < 1.29 is 4.74 Å². The van der Waals surface area contributed by atoms with Crippen molar-refractivity contribution in [3.05, 3.63) is 29.8 Å². The molecule has 0 amide bonds. The number of benzene rings is 1. The fraction of sp³-hybridized carbons (Fsp3) is 0.438. The Balaban J connectivity index is 2.53. The van der Waals surface area contributed by atoms with E-state index in [0.29, 0.717) is 12.4 Å². The topological polar surface area (TPSA) is 63.9 Å². The van der Waals surface area contributed by atoms with E-state index in [4.69, 9.17) is 10.5 Å². The molecule has 0 atom stereocenters. The smallest absolute Gasteiger partial charge is 0.145 e. The third-order valence-electron chi connectivity index (χ3n) is 3.83. The number of aromatic nitrogens is 2. The predicted molar refractivity (Wildman–Crippen MR) is 82.9 cm³/mol. The number of anilines is 1. The standard InChI is InChI=1S/C16H23N3O/c1-5-16(3,4)11-7-8-14(20-6-2)12(9-11)13-10-15(17)19-18-13/h7-10H,5-6H2,1-4H3,(H3,17,18,19). The fourth-order valence-corrected chi connectivity index (χ4v) is 2.12. The zero-order chi connectivity index (χ0) is 14.8. The molecule has 0 fully saturated rings. The number of nitrogen functional groups attached to an aromatic ring is 1. The van der Waals surface area contributed by atoms with Gasteiger partial charge in [-0.2, -0.15) is 5.10 Å². The molecule has 1 heterocycles. The molecule has 0 spiro atoms. The summed E-state index contributed by atoms with van der Waals surface area (Å²) in [4.78, 5) is 0. The van der Waals surface area contributed by atoms with Gasteiger partial charge in [0.05, 0.1) is 12.3 Å². The molecule has 3 N–H and O–H groups in total. The first-order chi connectivity index (χ1) is 9.47. The van der Waals surface area contributed by atoms with Crippen LogP contribution in [0.5, 0.6) is 5.75 Å². The van der Waals surface area contributed by atoms with Gasteiger partial charge in [0.15, 0.2) is 0 Å². The highest BCUT2D eigenvalue weighted by Crippen LogP contribution is 2.35. The van der Waals surface area contributed by atoms with Gasteiger partial charge in [-0.3, -0.25) is 5.10 Å². The van der Waals surface area contributed by atoms with Gasteiger partial charge >= 0.3 is 0 Å². The maximum absolute atomic E-state index is 5.71. The monoisotopic (exact) mass is 273 g/mol. The van der Waals surface area contributed by atoms with Crippen molar-refractivity contribution >= 4 is 5.82 Å². The Kier molecular flexibility index (Phi) is 4.02. The molecule has 0 saturated heterocycles. The molecule has 0 radical (unpaired) electrons. The predicted octanol–water partition coefficient (Wildman–Crippen LogP) is 3.75.